The number of aromatic hydroxyl groups is 1. The molecule has 0 atom stereocenters. The van der Waals surface area contributed by atoms with Gasteiger partial charge in [0.2, 0.25) is 0 Å². The highest BCUT2D eigenvalue weighted by Gasteiger charge is 2.28. The minimum atomic E-state index is -0.368. The van der Waals surface area contributed by atoms with E-state index in [-0.39, 0.29) is 22.6 Å². The first kappa shape index (κ1) is 20.1. The number of amides is 1. The minimum Gasteiger partial charge on any atom is -0.507 e. The van der Waals surface area contributed by atoms with Gasteiger partial charge in [-0.2, -0.15) is 0 Å². The van der Waals surface area contributed by atoms with Crippen LogP contribution in [0.25, 0.3) is 0 Å². The molecule has 1 aliphatic heterocycles. The number of piperazine rings is 1. The van der Waals surface area contributed by atoms with Gasteiger partial charge < -0.3 is 14.9 Å². The van der Waals surface area contributed by atoms with Crippen LogP contribution in [-0.2, 0) is 5.41 Å². The van der Waals surface area contributed by atoms with Crippen LogP contribution < -0.4 is 10.2 Å². The fraction of sp³-hybridized carbons (Fsp3) is 0.474. The molecular weight excluding hydrogens is 428 g/mol. The number of nitrogens with zero attached hydrogens (tertiary/aromatic N) is 3. The Morgan fingerprint density at radius 3 is 2.56 bits per heavy atom. The van der Waals surface area contributed by atoms with Gasteiger partial charge >= 0.3 is 0 Å². The van der Waals surface area contributed by atoms with Crippen LogP contribution in [0.5, 0.6) is 5.75 Å². The van der Waals surface area contributed by atoms with E-state index in [0.29, 0.717) is 5.13 Å². The van der Waals surface area contributed by atoms with E-state index in [2.05, 4.69) is 58.9 Å². The van der Waals surface area contributed by atoms with E-state index < -0.39 is 0 Å². The number of carbonyl (C=O) groups excluding carboxylic acids is 1. The maximum atomic E-state index is 12.6. The summed E-state index contributed by atoms with van der Waals surface area (Å²) in [5.74, 6) is -0.421. The summed E-state index contributed by atoms with van der Waals surface area (Å²) < 4.78 is 0.734. The van der Waals surface area contributed by atoms with Crippen molar-refractivity contribution in [2.45, 2.75) is 26.2 Å². The normalized spacial score (nSPS) is 15.8. The largest absolute Gasteiger partial charge is 0.507 e. The fourth-order valence-corrected chi connectivity index (χ4v) is 4.52. The van der Waals surface area contributed by atoms with Gasteiger partial charge in [0.15, 0.2) is 5.13 Å². The van der Waals surface area contributed by atoms with E-state index in [4.69, 9.17) is 4.98 Å². The second-order valence-electron chi connectivity index (χ2n) is 7.83. The van der Waals surface area contributed by atoms with Crippen LogP contribution in [0.1, 0.15) is 36.8 Å². The lowest BCUT2D eigenvalue weighted by atomic mass is 9.92. The summed E-state index contributed by atoms with van der Waals surface area (Å²) in [7, 11) is 2.13. The Morgan fingerprint density at radius 2 is 1.93 bits per heavy atom. The second-order valence-corrected chi connectivity index (χ2v) is 9.72. The predicted molar refractivity (Wildman–Crippen MR) is 114 cm³/mol. The second kappa shape index (κ2) is 7.77. The molecule has 1 amide bonds. The number of nitrogens with one attached hydrogen (secondary N) is 1. The van der Waals surface area contributed by atoms with Gasteiger partial charge in [-0.25, -0.2) is 4.98 Å². The molecule has 1 aromatic heterocycles. The number of aromatic nitrogens is 1. The first-order chi connectivity index (χ1) is 12.6. The van der Waals surface area contributed by atoms with Crippen LogP contribution >= 0.6 is 27.3 Å². The average Bonchev–Trinajstić information content (AvgIpc) is 3.02. The molecule has 1 fully saturated rings. The molecule has 0 radical (unpaired) electrons. The van der Waals surface area contributed by atoms with Crippen LogP contribution in [0.15, 0.2) is 22.7 Å². The summed E-state index contributed by atoms with van der Waals surface area (Å²) in [6.45, 7) is 10.3. The third-order valence-electron chi connectivity index (χ3n) is 4.53. The predicted octanol–water partition coefficient (Wildman–Crippen LogP) is 3.91. The Bertz CT molecular complexity index is 839. The Hall–Kier alpha value is -1.64. The molecule has 2 N–H and O–H groups in total. The van der Waals surface area contributed by atoms with Crippen molar-refractivity contribution in [1.82, 2.24) is 9.88 Å². The van der Waals surface area contributed by atoms with E-state index in [1.165, 1.54) is 17.4 Å². The number of hydrogen-bond donors (Lipinski definition) is 2. The van der Waals surface area contributed by atoms with Gasteiger partial charge in [-0.05, 0) is 25.2 Å². The summed E-state index contributed by atoms with van der Waals surface area (Å²) >= 11 is 4.83. The first-order valence-electron chi connectivity index (χ1n) is 8.90. The van der Waals surface area contributed by atoms with Gasteiger partial charge in [0.25, 0.3) is 5.91 Å². The molecule has 1 aromatic carbocycles. The van der Waals surface area contributed by atoms with Crippen LogP contribution in [0, 0.1) is 0 Å². The number of hydrogen-bond acceptors (Lipinski definition) is 6. The van der Waals surface area contributed by atoms with Crippen molar-refractivity contribution in [1.29, 1.82) is 0 Å². The Balaban J connectivity index is 1.88. The monoisotopic (exact) mass is 452 g/mol. The number of likely N-dealkylation sites (N-methyl/N-ethyl adjacent to an activating group) is 1. The molecule has 8 heteroatoms. The van der Waals surface area contributed by atoms with Crippen molar-refractivity contribution in [3.05, 3.63) is 33.9 Å². The third-order valence-corrected chi connectivity index (χ3v) is 6.06. The lowest BCUT2D eigenvalue weighted by Gasteiger charge is -2.34. The highest BCUT2D eigenvalue weighted by atomic mass is 79.9. The topological polar surface area (TPSA) is 68.7 Å². The molecule has 0 unspecified atom stereocenters. The van der Waals surface area contributed by atoms with Crippen molar-refractivity contribution in [3.8, 4) is 5.75 Å². The van der Waals surface area contributed by atoms with Crippen LogP contribution in [0.4, 0.5) is 10.1 Å². The quantitative estimate of drug-likeness (QED) is 0.738. The summed E-state index contributed by atoms with van der Waals surface area (Å²) in [5.41, 5.74) is 1.08. The summed E-state index contributed by atoms with van der Waals surface area (Å²) in [5, 5.41) is 14.5. The van der Waals surface area contributed by atoms with Crippen LogP contribution in [0.3, 0.4) is 0 Å². The van der Waals surface area contributed by atoms with Crippen molar-refractivity contribution in [3.63, 3.8) is 0 Å². The Kier molecular flexibility index (Phi) is 5.79. The molecule has 1 saturated heterocycles. The number of rotatable bonds is 3. The number of thiazole rings is 1. The van der Waals surface area contributed by atoms with Gasteiger partial charge in [0, 0.05) is 36.1 Å². The standard InChI is InChI=1S/C19H25BrN4O2S/c1-19(2,3)15-17(24-9-7-23(4)8-10-24)27-18(21-15)22-16(26)13-11-12(20)5-6-14(13)25/h5-6,11,25H,7-10H2,1-4H3,(H,21,22,26). The Labute approximate surface area is 172 Å². The summed E-state index contributed by atoms with van der Waals surface area (Å²) in [6.07, 6.45) is 0. The number of anilines is 2. The van der Waals surface area contributed by atoms with E-state index in [9.17, 15) is 9.90 Å². The van der Waals surface area contributed by atoms with Gasteiger partial charge in [0.1, 0.15) is 10.8 Å². The van der Waals surface area contributed by atoms with Crippen LogP contribution in [0.2, 0.25) is 0 Å². The molecule has 2 aromatic rings. The lowest BCUT2D eigenvalue weighted by molar-refractivity contribution is 0.102. The van der Waals surface area contributed by atoms with Crippen molar-refractivity contribution < 1.29 is 9.90 Å². The average molecular weight is 453 g/mol. The highest BCUT2D eigenvalue weighted by Crippen LogP contribution is 2.39. The number of benzene rings is 1. The number of phenols is 1. The maximum absolute atomic E-state index is 12.6. The van der Waals surface area contributed by atoms with Gasteiger partial charge in [0.05, 0.1) is 11.3 Å². The molecule has 2 heterocycles. The van der Waals surface area contributed by atoms with Crippen LogP contribution in [-0.4, -0.2) is 54.1 Å². The fourth-order valence-electron chi connectivity index (χ4n) is 2.93. The summed E-state index contributed by atoms with van der Waals surface area (Å²) in [4.78, 5) is 22.0. The zero-order chi connectivity index (χ0) is 19.8. The number of phenolic OH excluding ortho intramolecular Hbond substituents is 1. The van der Waals surface area contributed by atoms with Crippen molar-refractivity contribution in [2.75, 3.05) is 43.4 Å². The molecule has 0 spiro atoms. The van der Waals surface area contributed by atoms with E-state index >= 15 is 0 Å². The molecule has 146 valence electrons. The van der Waals surface area contributed by atoms with E-state index in [1.54, 1.807) is 12.1 Å². The smallest absolute Gasteiger partial charge is 0.261 e. The van der Waals surface area contributed by atoms with Gasteiger partial charge in [-0.3, -0.25) is 10.1 Å². The highest BCUT2D eigenvalue weighted by molar-refractivity contribution is 9.10. The van der Waals surface area contributed by atoms with E-state index in [0.717, 1.165) is 41.3 Å². The zero-order valence-electron chi connectivity index (χ0n) is 16.0. The molecule has 0 bridgehead atoms. The minimum absolute atomic E-state index is 0.0532. The maximum Gasteiger partial charge on any atom is 0.261 e. The van der Waals surface area contributed by atoms with Crippen molar-refractivity contribution >= 4 is 43.3 Å². The van der Waals surface area contributed by atoms with Gasteiger partial charge in [-0.1, -0.05) is 48.0 Å². The van der Waals surface area contributed by atoms with Crippen molar-refractivity contribution in [2.24, 2.45) is 0 Å². The van der Waals surface area contributed by atoms with E-state index in [1.807, 2.05) is 0 Å². The summed E-state index contributed by atoms with van der Waals surface area (Å²) in [6, 6.07) is 4.79. The molecule has 6 nitrogen and oxygen atoms in total. The Morgan fingerprint density at radius 1 is 1.26 bits per heavy atom. The SMILES string of the molecule is CN1CCN(c2sc(NC(=O)c3cc(Br)ccc3O)nc2C(C)(C)C)CC1. The van der Waals surface area contributed by atoms with Gasteiger partial charge in [-0.15, -0.1) is 0 Å². The first-order valence-corrected chi connectivity index (χ1v) is 10.5. The number of carbonyl (C=O) groups is 1. The zero-order valence-corrected chi connectivity index (χ0v) is 18.4. The number of halogens is 1. The molecular formula is C19H25BrN4O2S. The molecule has 1 aliphatic rings. The molecule has 27 heavy (non-hydrogen) atoms. The molecule has 0 saturated carbocycles. The lowest BCUT2D eigenvalue weighted by Crippen LogP contribution is -2.44. The molecule has 0 aliphatic carbocycles. The third kappa shape index (κ3) is 4.62. The molecule has 3 rings (SSSR count).